The molecule has 1 aromatic rings. The van der Waals surface area contributed by atoms with Crippen LogP contribution < -0.4 is 0 Å². The van der Waals surface area contributed by atoms with Gasteiger partial charge in [-0.25, -0.2) is 0 Å². The van der Waals surface area contributed by atoms with Crippen LogP contribution >= 0.6 is 7.37 Å². The lowest BCUT2D eigenvalue weighted by Crippen LogP contribution is -2.24. The van der Waals surface area contributed by atoms with Gasteiger partial charge in [-0.3, -0.25) is 14.2 Å². The second-order valence-corrected chi connectivity index (χ2v) is 7.53. The Kier molecular flexibility index (Phi) is 3.97. The van der Waals surface area contributed by atoms with Crippen LogP contribution in [0, 0.1) is 0 Å². The van der Waals surface area contributed by atoms with E-state index in [0.29, 0.717) is 5.56 Å². The first-order chi connectivity index (χ1) is 9.33. The van der Waals surface area contributed by atoms with Crippen LogP contribution in [-0.2, 0) is 20.6 Å². The molecule has 0 aliphatic heterocycles. The zero-order valence-electron chi connectivity index (χ0n) is 10.6. The van der Waals surface area contributed by atoms with Crippen LogP contribution in [-0.4, -0.2) is 38.9 Å². The first-order valence-electron chi connectivity index (χ1n) is 6.17. The highest BCUT2D eigenvalue weighted by Crippen LogP contribution is 2.57. The minimum Gasteiger partial charge on any atom is -0.481 e. The van der Waals surface area contributed by atoms with Crippen molar-refractivity contribution in [3.63, 3.8) is 0 Å². The lowest BCUT2D eigenvalue weighted by Gasteiger charge is -2.22. The minimum atomic E-state index is -3.85. The van der Waals surface area contributed by atoms with Crippen LogP contribution in [0.5, 0.6) is 0 Å². The number of fused-ring (bicyclic) bond motifs is 1. The van der Waals surface area contributed by atoms with Gasteiger partial charge in [0.25, 0.3) is 0 Å². The third-order valence-electron chi connectivity index (χ3n) is 3.63. The highest BCUT2D eigenvalue weighted by atomic mass is 31.2. The van der Waals surface area contributed by atoms with Crippen LogP contribution in [0.3, 0.4) is 0 Å². The van der Waals surface area contributed by atoms with Crippen LogP contribution in [0.4, 0.5) is 0 Å². The summed E-state index contributed by atoms with van der Waals surface area (Å²) in [4.78, 5) is 32.0. The molecule has 7 heteroatoms. The molecule has 1 aliphatic carbocycles. The van der Waals surface area contributed by atoms with Gasteiger partial charge in [-0.15, -0.1) is 0 Å². The maximum atomic E-state index is 12.3. The van der Waals surface area contributed by atoms with Crippen molar-refractivity contribution in [2.45, 2.75) is 24.4 Å². The molecule has 1 aromatic carbocycles. The second-order valence-electron chi connectivity index (χ2n) is 4.91. The summed E-state index contributed by atoms with van der Waals surface area (Å²) in [6, 6.07) is 6.82. The number of carboxylic acid groups (broad SMARTS) is 2. The van der Waals surface area contributed by atoms with Gasteiger partial charge >= 0.3 is 11.9 Å². The fourth-order valence-electron chi connectivity index (χ4n) is 2.67. The molecule has 0 saturated carbocycles. The van der Waals surface area contributed by atoms with E-state index in [0.717, 1.165) is 5.56 Å². The topological polar surface area (TPSA) is 112 Å². The van der Waals surface area contributed by atoms with Crippen molar-refractivity contribution in [3.05, 3.63) is 35.4 Å². The van der Waals surface area contributed by atoms with Crippen molar-refractivity contribution in [2.75, 3.05) is 6.16 Å². The Bertz CT molecular complexity index is 596. The average Bonchev–Trinajstić information content (AvgIpc) is 2.76. The molecule has 0 saturated heterocycles. The number of hydrogen-bond donors (Lipinski definition) is 3. The van der Waals surface area contributed by atoms with Gasteiger partial charge in [0.1, 0.15) is 0 Å². The summed E-state index contributed by atoms with van der Waals surface area (Å²) in [7, 11) is -3.85. The Morgan fingerprint density at radius 1 is 1.25 bits per heavy atom. The van der Waals surface area contributed by atoms with Crippen LogP contribution in [0.2, 0.25) is 0 Å². The predicted octanol–water partition coefficient (Wildman–Crippen LogP) is 1.52. The highest BCUT2D eigenvalue weighted by molar-refractivity contribution is 7.58. The Morgan fingerprint density at radius 2 is 1.90 bits per heavy atom. The molecule has 0 amide bonds. The highest BCUT2D eigenvalue weighted by Gasteiger charge is 2.46. The van der Waals surface area contributed by atoms with E-state index in [9.17, 15) is 24.2 Å². The van der Waals surface area contributed by atoms with Gasteiger partial charge in [-0.05, 0) is 17.5 Å². The van der Waals surface area contributed by atoms with Crippen molar-refractivity contribution in [3.8, 4) is 0 Å². The number of carboxylic acids is 2. The maximum Gasteiger partial charge on any atom is 0.311 e. The monoisotopic (exact) mass is 298 g/mol. The standard InChI is InChI=1S/C13H15O6P/c14-11(15)5-6-20(18,19)10-7-8-3-1-2-4-9(8)12(10)13(16)17/h1-4,10,12H,5-7H2,(H,14,15)(H,16,17)(H,18,19)/t10-,12+/m0/s1. The zero-order valence-corrected chi connectivity index (χ0v) is 11.5. The Hall–Kier alpha value is -1.65. The summed E-state index contributed by atoms with van der Waals surface area (Å²) >= 11 is 0. The van der Waals surface area contributed by atoms with Gasteiger partial charge in [0.05, 0.1) is 18.0 Å². The molecule has 6 nitrogen and oxygen atoms in total. The van der Waals surface area contributed by atoms with E-state index in [1.165, 1.54) is 0 Å². The Balaban J connectivity index is 2.31. The Morgan fingerprint density at radius 3 is 2.50 bits per heavy atom. The fraction of sp³-hybridized carbons (Fsp3) is 0.385. The van der Waals surface area contributed by atoms with Gasteiger partial charge < -0.3 is 15.1 Å². The molecule has 0 bridgehead atoms. The van der Waals surface area contributed by atoms with Crippen molar-refractivity contribution < 1.29 is 29.3 Å². The second kappa shape index (κ2) is 5.38. The summed E-state index contributed by atoms with van der Waals surface area (Å²) in [5, 5.41) is 17.9. The normalized spacial score (nSPS) is 23.9. The molecule has 0 radical (unpaired) electrons. The summed E-state index contributed by atoms with van der Waals surface area (Å²) in [5.74, 6) is -3.36. The average molecular weight is 298 g/mol. The van der Waals surface area contributed by atoms with E-state index in [-0.39, 0.29) is 6.42 Å². The van der Waals surface area contributed by atoms with Crippen LogP contribution in [0.1, 0.15) is 23.5 Å². The predicted molar refractivity (Wildman–Crippen MR) is 71.3 cm³/mol. The minimum absolute atomic E-state index is 0.195. The van der Waals surface area contributed by atoms with Crippen molar-refractivity contribution in [2.24, 2.45) is 0 Å². The number of aliphatic carboxylic acids is 2. The molecule has 3 atom stereocenters. The lowest BCUT2D eigenvalue weighted by molar-refractivity contribution is -0.138. The zero-order chi connectivity index (χ0) is 14.9. The van der Waals surface area contributed by atoms with Crippen molar-refractivity contribution in [1.29, 1.82) is 0 Å². The molecule has 0 spiro atoms. The number of hydrogen-bond acceptors (Lipinski definition) is 3. The maximum absolute atomic E-state index is 12.3. The van der Waals surface area contributed by atoms with Gasteiger partial charge in [0, 0.05) is 6.16 Å². The third-order valence-corrected chi connectivity index (χ3v) is 6.02. The number of benzene rings is 1. The Labute approximate surface area is 115 Å². The molecule has 1 aliphatic rings. The first-order valence-corrected chi connectivity index (χ1v) is 8.08. The van der Waals surface area contributed by atoms with Crippen molar-refractivity contribution in [1.82, 2.24) is 0 Å². The lowest BCUT2D eigenvalue weighted by atomic mass is 10.0. The molecule has 2 rings (SSSR count). The molecule has 3 N–H and O–H groups in total. The van der Waals surface area contributed by atoms with E-state index in [1.807, 2.05) is 0 Å². The molecule has 0 aromatic heterocycles. The molecule has 108 valence electrons. The third kappa shape index (κ3) is 2.76. The molecule has 20 heavy (non-hydrogen) atoms. The molecule has 1 unspecified atom stereocenters. The van der Waals surface area contributed by atoms with Crippen molar-refractivity contribution >= 4 is 19.3 Å². The first kappa shape index (κ1) is 14.8. The van der Waals surface area contributed by atoms with Crippen LogP contribution in [0.15, 0.2) is 24.3 Å². The summed E-state index contributed by atoms with van der Waals surface area (Å²) in [6.07, 6.45) is -0.641. The summed E-state index contributed by atoms with van der Waals surface area (Å²) in [6.45, 7) is 0. The fourth-order valence-corrected chi connectivity index (χ4v) is 4.75. The molecule has 0 heterocycles. The van der Waals surface area contributed by atoms with Gasteiger partial charge in [-0.1, -0.05) is 24.3 Å². The molecular weight excluding hydrogens is 283 g/mol. The quantitative estimate of drug-likeness (QED) is 0.711. The summed E-state index contributed by atoms with van der Waals surface area (Å²) in [5.41, 5.74) is 0.348. The molecule has 0 fully saturated rings. The van der Waals surface area contributed by atoms with Gasteiger partial charge in [-0.2, -0.15) is 0 Å². The van der Waals surface area contributed by atoms with Gasteiger partial charge in [0.2, 0.25) is 7.37 Å². The van der Waals surface area contributed by atoms with Gasteiger partial charge in [0.15, 0.2) is 0 Å². The number of carbonyl (C=O) groups is 2. The van der Waals surface area contributed by atoms with E-state index < -0.39 is 43.5 Å². The summed E-state index contributed by atoms with van der Waals surface area (Å²) < 4.78 is 12.3. The SMILES string of the molecule is O=C(O)CCP(=O)(O)[C@H]1Cc2ccccc2[C@H]1C(=O)O. The van der Waals surface area contributed by atoms with Crippen LogP contribution in [0.25, 0.3) is 0 Å². The van der Waals surface area contributed by atoms with E-state index in [1.54, 1.807) is 24.3 Å². The number of rotatable bonds is 5. The van der Waals surface area contributed by atoms with E-state index in [4.69, 9.17) is 5.11 Å². The molecular formula is C13H15O6P. The largest absolute Gasteiger partial charge is 0.481 e. The smallest absolute Gasteiger partial charge is 0.311 e. The van der Waals surface area contributed by atoms with E-state index in [2.05, 4.69) is 0 Å². The van der Waals surface area contributed by atoms with E-state index >= 15 is 0 Å².